The van der Waals surface area contributed by atoms with E-state index in [9.17, 15) is 4.79 Å². The Kier molecular flexibility index (Phi) is 3.93. The average molecular weight is 323 g/mol. The Labute approximate surface area is 135 Å². The largest absolute Gasteiger partial charge is 0.358 e. The van der Waals surface area contributed by atoms with E-state index in [0.717, 1.165) is 30.5 Å². The topological polar surface area (TPSA) is 32.3 Å². The van der Waals surface area contributed by atoms with Gasteiger partial charge in [-0.2, -0.15) is 0 Å². The van der Waals surface area contributed by atoms with Gasteiger partial charge in [0.25, 0.3) is 0 Å². The zero-order valence-corrected chi connectivity index (χ0v) is 13.8. The third-order valence-electron chi connectivity index (χ3n) is 4.58. The van der Waals surface area contributed by atoms with E-state index in [-0.39, 0.29) is 23.2 Å². The van der Waals surface area contributed by atoms with Crippen LogP contribution in [0.1, 0.15) is 30.4 Å². The number of hydrogen-bond donors (Lipinski definition) is 1. The smallest absolute Gasteiger partial charge is 0.238 e. The Bertz CT molecular complexity index is 604. The Hall–Kier alpha value is -1.13. The molecular weight excluding hydrogens is 304 g/mol. The molecule has 1 aliphatic carbocycles. The van der Waals surface area contributed by atoms with E-state index in [1.54, 1.807) is 4.90 Å². The fourth-order valence-corrected chi connectivity index (χ4v) is 3.84. The minimum Gasteiger partial charge on any atom is -0.358 e. The van der Waals surface area contributed by atoms with E-state index in [1.165, 1.54) is 5.56 Å². The first-order valence-corrected chi connectivity index (χ1v) is 8.17. The highest BCUT2D eigenvalue weighted by atomic mass is 35.5. The summed E-state index contributed by atoms with van der Waals surface area (Å²) in [5.74, 6) is 0.0869. The van der Waals surface area contributed by atoms with Crippen LogP contribution < -0.4 is 10.2 Å². The lowest BCUT2D eigenvalue weighted by molar-refractivity contribution is -0.123. The minimum atomic E-state index is -0.0201. The van der Waals surface area contributed by atoms with Crippen LogP contribution in [0.25, 0.3) is 0 Å². The maximum absolute atomic E-state index is 12.8. The van der Waals surface area contributed by atoms with Crippen LogP contribution >= 0.6 is 23.8 Å². The van der Waals surface area contributed by atoms with Crippen molar-refractivity contribution in [3.05, 3.63) is 29.3 Å². The molecule has 1 heterocycles. The number of nitrogens with one attached hydrogen (secondary N) is 1. The molecule has 21 heavy (non-hydrogen) atoms. The summed E-state index contributed by atoms with van der Waals surface area (Å²) >= 11 is 11.6. The van der Waals surface area contributed by atoms with E-state index in [0.29, 0.717) is 5.11 Å². The molecule has 1 aromatic carbocycles. The average Bonchev–Trinajstić information content (AvgIpc) is 2.42. The Morgan fingerprint density at radius 1 is 1.29 bits per heavy atom. The number of rotatable bonds is 1. The summed E-state index contributed by atoms with van der Waals surface area (Å²) in [6.45, 7) is 4.11. The molecule has 2 aliphatic rings. The molecule has 1 aliphatic heterocycles. The minimum absolute atomic E-state index is 0.0201. The Morgan fingerprint density at radius 2 is 2.05 bits per heavy atom. The lowest BCUT2D eigenvalue weighted by Crippen LogP contribution is -2.61. The van der Waals surface area contributed by atoms with Crippen molar-refractivity contribution in [3.8, 4) is 0 Å². The quantitative estimate of drug-likeness (QED) is 0.636. The highest BCUT2D eigenvalue weighted by Crippen LogP contribution is 2.34. The summed E-state index contributed by atoms with van der Waals surface area (Å²) in [6, 6.07) is 6.10. The summed E-state index contributed by atoms with van der Waals surface area (Å²) in [4.78, 5) is 14.5. The van der Waals surface area contributed by atoms with Crippen LogP contribution in [-0.2, 0) is 4.79 Å². The molecule has 2 fully saturated rings. The number of alkyl halides is 1. The van der Waals surface area contributed by atoms with E-state index in [1.807, 2.05) is 25.1 Å². The van der Waals surface area contributed by atoms with Gasteiger partial charge in [-0.15, -0.1) is 11.6 Å². The van der Waals surface area contributed by atoms with Gasteiger partial charge in [0.1, 0.15) is 0 Å². The van der Waals surface area contributed by atoms with Gasteiger partial charge >= 0.3 is 0 Å². The Morgan fingerprint density at radius 3 is 2.76 bits per heavy atom. The fourth-order valence-electron chi connectivity index (χ4n) is 3.17. The summed E-state index contributed by atoms with van der Waals surface area (Å²) in [6.07, 6.45) is 2.52. The number of aryl methyl sites for hydroxylation is 2. The first kappa shape index (κ1) is 14.8. The van der Waals surface area contributed by atoms with E-state index in [4.69, 9.17) is 23.8 Å². The van der Waals surface area contributed by atoms with Crippen molar-refractivity contribution < 1.29 is 4.79 Å². The SMILES string of the molecule is Cc1ccc(N2C(=O)C3CCC(Cl)CC3NC2=S)cc1C. The molecule has 3 atom stereocenters. The molecule has 1 saturated carbocycles. The van der Waals surface area contributed by atoms with Crippen molar-refractivity contribution in [2.45, 2.75) is 44.5 Å². The monoisotopic (exact) mass is 322 g/mol. The van der Waals surface area contributed by atoms with Crippen LogP contribution in [0.3, 0.4) is 0 Å². The zero-order valence-electron chi connectivity index (χ0n) is 12.2. The number of halogens is 1. The summed E-state index contributed by atoms with van der Waals surface area (Å²) in [7, 11) is 0. The fraction of sp³-hybridized carbons (Fsp3) is 0.500. The molecule has 0 radical (unpaired) electrons. The molecule has 5 heteroatoms. The lowest BCUT2D eigenvalue weighted by atomic mass is 9.82. The maximum atomic E-state index is 12.8. The first-order chi connectivity index (χ1) is 9.97. The highest BCUT2D eigenvalue weighted by molar-refractivity contribution is 7.80. The van der Waals surface area contributed by atoms with Crippen molar-refractivity contribution in [2.24, 2.45) is 5.92 Å². The second-order valence-electron chi connectivity index (χ2n) is 6.02. The van der Waals surface area contributed by atoms with Gasteiger partial charge in [0.2, 0.25) is 5.91 Å². The number of hydrogen-bond acceptors (Lipinski definition) is 2. The predicted molar refractivity (Wildman–Crippen MR) is 89.9 cm³/mol. The third kappa shape index (κ3) is 2.67. The first-order valence-electron chi connectivity index (χ1n) is 7.33. The van der Waals surface area contributed by atoms with Gasteiger partial charge in [-0.05, 0) is 68.6 Å². The molecule has 0 spiro atoms. The lowest BCUT2D eigenvalue weighted by Gasteiger charge is -2.42. The maximum Gasteiger partial charge on any atom is 0.238 e. The van der Waals surface area contributed by atoms with E-state index in [2.05, 4.69) is 12.2 Å². The molecule has 1 saturated heterocycles. The highest BCUT2D eigenvalue weighted by Gasteiger charge is 2.42. The van der Waals surface area contributed by atoms with Gasteiger partial charge in [-0.1, -0.05) is 6.07 Å². The number of amides is 1. The molecule has 1 aromatic rings. The molecular formula is C16H19ClN2OS. The normalized spacial score (nSPS) is 29.1. The van der Waals surface area contributed by atoms with Crippen LogP contribution in [0.2, 0.25) is 0 Å². The number of fused-ring (bicyclic) bond motifs is 1. The van der Waals surface area contributed by atoms with Crippen molar-refractivity contribution in [1.29, 1.82) is 0 Å². The number of anilines is 1. The second-order valence-corrected chi connectivity index (χ2v) is 7.02. The molecule has 0 aromatic heterocycles. The van der Waals surface area contributed by atoms with Crippen molar-refractivity contribution in [3.63, 3.8) is 0 Å². The molecule has 3 unspecified atom stereocenters. The molecule has 3 nitrogen and oxygen atoms in total. The number of carbonyl (C=O) groups excluding carboxylic acids is 1. The molecule has 1 amide bonds. The van der Waals surface area contributed by atoms with Gasteiger partial charge < -0.3 is 5.32 Å². The van der Waals surface area contributed by atoms with Crippen molar-refractivity contribution in [1.82, 2.24) is 5.32 Å². The second kappa shape index (κ2) is 5.58. The summed E-state index contributed by atoms with van der Waals surface area (Å²) in [5.41, 5.74) is 3.23. The number of carbonyl (C=O) groups is 1. The molecule has 3 rings (SSSR count). The molecule has 112 valence electrons. The molecule has 1 N–H and O–H groups in total. The van der Waals surface area contributed by atoms with Crippen molar-refractivity contribution in [2.75, 3.05) is 4.90 Å². The van der Waals surface area contributed by atoms with E-state index < -0.39 is 0 Å². The third-order valence-corrected chi connectivity index (χ3v) is 5.28. The van der Waals surface area contributed by atoms with Crippen LogP contribution in [0.15, 0.2) is 18.2 Å². The van der Waals surface area contributed by atoms with Crippen LogP contribution in [0.4, 0.5) is 5.69 Å². The van der Waals surface area contributed by atoms with Gasteiger partial charge in [0.15, 0.2) is 5.11 Å². The van der Waals surface area contributed by atoms with Crippen LogP contribution in [0.5, 0.6) is 0 Å². The zero-order chi connectivity index (χ0) is 15.1. The van der Waals surface area contributed by atoms with Crippen molar-refractivity contribution >= 4 is 40.5 Å². The van der Waals surface area contributed by atoms with Crippen LogP contribution in [0, 0.1) is 19.8 Å². The van der Waals surface area contributed by atoms with E-state index >= 15 is 0 Å². The number of thiocarbonyl (C=S) groups is 1. The van der Waals surface area contributed by atoms with Gasteiger partial charge in [0, 0.05) is 11.4 Å². The van der Waals surface area contributed by atoms with Gasteiger partial charge in [0.05, 0.1) is 11.6 Å². The predicted octanol–water partition coefficient (Wildman–Crippen LogP) is 3.30. The standard InChI is InChI=1S/C16H19ClN2OS/c1-9-3-5-12(7-10(9)2)19-15(20)13-6-4-11(17)8-14(13)18-16(19)21/h3,5,7,11,13-14H,4,6,8H2,1-2H3,(H,18,21). The van der Waals surface area contributed by atoms with Gasteiger partial charge in [-0.3, -0.25) is 9.69 Å². The van der Waals surface area contributed by atoms with Crippen LogP contribution in [-0.4, -0.2) is 22.4 Å². The summed E-state index contributed by atoms with van der Waals surface area (Å²) in [5, 5.41) is 3.95. The number of benzene rings is 1. The van der Waals surface area contributed by atoms with Gasteiger partial charge in [-0.25, -0.2) is 0 Å². The number of nitrogens with zero attached hydrogens (tertiary/aromatic N) is 1. The Balaban J connectivity index is 1.91. The molecule has 0 bridgehead atoms. The summed E-state index contributed by atoms with van der Waals surface area (Å²) < 4.78 is 0.